The highest BCUT2D eigenvalue weighted by molar-refractivity contribution is 5.20. The lowest BCUT2D eigenvalue weighted by atomic mass is 9.99. The van der Waals surface area contributed by atoms with Gasteiger partial charge in [-0.05, 0) is 30.4 Å². The first-order valence-electron chi connectivity index (χ1n) is 6.03. The predicted molar refractivity (Wildman–Crippen MR) is 65.1 cm³/mol. The van der Waals surface area contributed by atoms with E-state index in [-0.39, 0.29) is 0 Å². The molecule has 0 unspecified atom stereocenters. The molecule has 15 heavy (non-hydrogen) atoms. The lowest BCUT2D eigenvalue weighted by molar-refractivity contribution is 0.295. The molecule has 0 bridgehead atoms. The van der Waals surface area contributed by atoms with Gasteiger partial charge in [0.25, 0.3) is 0 Å². The molecule has 0 spiro atoms. The summed E-state index contributed by atoms with van der Waals surface area (Å²) in [7, 11) is 0. The van der Waals surface area contributed by atoms with E-state index in [9.17, 15) is 0 Å². The zero-order valence-corrected chi connectivity index (χ0v) is 9.82. The van der Waals surface area contributed by atoms with Gasteiger partial charge in [-0.1, -0.05) is 44.2 Å². The Balaban J connectivity index is 1.93. The molecule has 0 radical (unpaired) electrons. The van der Waals surface area contributed by atoms with Gasteiger partial charge in [0, 0.05) is 13.1 Å². The van der Waals surface area contributed by atoms with Crippen LogP contribution in [0.15, 0.2) is 30.3 Å². The van der Waals surface area contributed by atoms with Gasteiger partial charge in [-0.25, -0.2) is 0 Å². The van der Waals surface area contributed by atoms with Crippen molar-refractivity contribution < 1.29 is 0 Å². The Kier molecular flexibility index (Phi) is 3.42. The molecule has 1 heteroatoms. The van der Waals surface area contributed by atoms with E-state index >= 15 is 0 Å². The summed E-state index contributed by atoms with van der Waals surface area (Å²) in [6.45, 7) is 8.38. The highest BCUT2D eigenvalue weighted by Gasteiger charge is 2.23. The molecular weight excluding hydrogens is 182 g/mol. The maximum atomic E-state index is 2.60. The topological polar surface area (TPSA) is 3.24 Å². The molecule has 0 amide bonds. The van der Waals surface area contributed by atoms with Gasteiger partial charge in [-0.2, -0.15) is 0 Å². The summed E-state index contributed by atoms with van der Waals surface area (Å²) < 4.78 is 0. The van der Waals surface area contributed by atoms with Crippen LogP contribution in [-0.4, -0.2) is 24.5 Å². The van der Waals surface area contributed by atoms with Crippen molar-refractivity contribution in [3.63, 3.8) is 0 Å². The second-order valence-electron chi connectivity index (χ2n) is 5.05. The first-order valence-corrected chi connectivity index (χ1v) is 6.03. The van der Waals surface area contributed by atoms with E-state index in [1.807, 2.05) is 0 Å². The number of hydrogen-bond donors (Lipinski definition) is 0. The van der Waals surface area contributed by atoms with Gasteiger partial charge in [0.15, 0.2) is 0 Å². The predicted octanol–water partition coefficient (Wildman–Crippen LogP) is 3.13. The smallest absolute Gasteiger partial charge is 0.00509 e. The minimum Gasteiger partial charge on any atom is -0.302 e. The third kappa shape index (κ3) is 2.82. The fraction of sp³-hybridized carbons (Fsp3) is 0.571. The van der Waals surface area contributed by atoms with Crippen LogP contribution < -0.4 is 0 Å². The van der Waals surface area contributed by atoms with Gasteiger partial charge in [0.2, 0.25) is 0 Å². The van der Waals surface area contributed by atoms with Crippen molar-refractivity contribution in [3.8, 4) is 0 Å². The quantitative estimate of drug-likeness (QED) is 0.729. The summed E-state index contributed by atoms with van der Waals surface area (Å²) in [5.41, 5.74) is 1.52. The molecule has 0 saturated carbocycles. The summed E-state index contributed by atoms with van der Waals surface area (Å²) in [5.74, 6) is 1.56. The Morgan fingerprint density at radius 3 is 2.67 bits per heavy atom. The van der Waals surface area contributed by atoms with Gasteiger partial charge in [0.05, 0.1) is 0 Å². The molecule has 82 valence electrons. The Hall–Kier alpha value is -0.820. The second kappa shape index (κ2) is 4.80. The Morgan fingerprint density at radius 2 is 2.00 bits per heavy atom. The lowest BCUT2D eigenvalue weighted by Gasteiger charge is -2.18. The maximum absolute atomic E-state index is 2.60. The van der Waals surface area contributed by atoms with Crippen molar-refractivity contribution in [2.45, 2.75) is 26.2 Å². The molecule has 1 atom stereocenters. The van der Waals surface area contributed by atoms with Crippen molar-refractivity contribution in [1.82, 2.24) is 4.90 Å². The molecule has 0 aliphatic carbocycles. The van der Waals surface area contributed by atoms with Crippen LogP contribution in [0.1, 0.15) is 31.7 Å². The normalized spacial score (nSPS) is 22.5. The number of rotatable bonds is 3. The monoisotopic (exact) mass is 203 g/mol. The maximum Gasteiger partial charge on any atom is 0.00509 e. The van der Waals surface area contributed by atoms with Crippen LogP contribution in [0, 0.1) is 5.92 Å². The van der Waals surface area contributed by atoms with Crippen molar-refractivity contribution >= 4 is 0 Å². The summed E-state index contributed by atoms with van der Waals surface area (Å²) in [4.78, 5) is 2.60. The van der Waals surface area contributed by atoms with E-state index in [2.05, 4.69) is 49.1 Å². The number of nitrogens with zero attached hydrogens (tertiary/aromatic N) is 1. The summed E-state index contributed by atoms with van der Waals surface area (Å²) >= 11 is 0. The summed E-state index contributed by atoms with van der Waals surface area (Å²) in [5, 5.41) is 0. The van der Waals surface area contributed by atoms with Gasteiger partial charge in [0.1, 0.15) is 0 Å². The molecule has 1 saturated heterocycles. The van der Waals surface area contributed by atoms with E-state index in [0.29, 0.717) is 0 Å². The molecule has 1 aromatic carbocycles. The van der Waals surface area contributed by atoms with Crippen LogP contribution in [0.5, 0.6) is 0 Å². The molecular formula is C14H21N. The molecule has 1 aliphatic rings. The molecule has 1 nitrogen and oxygen atoms in total. The van der Waals surface area contributed by atoms with Crippen LogP contribution in [0.2, 0.25) is 0 Å². The summed E-state index contributed by atoms with van der Waals surface area (Å²) in [6, 6.07) is 10.9. The van der Waals surface area contributed by atoms with Gasteiger partial charge in [-0.3, -0.25) is 0 Å². The number of benzene rings is 1. The third-order valence-corrected chi connectivity index (χ3v) is 3.17. The van der Waals surface area contributed by atoms with Gasteiger partial charge in [-0.15, -0.1) is 0 Å². The molecule has 0 N–H and O–H groups in total. The van der Waals surface area contributed by atoms with E-state index in [0.717, 1.165) is 11.8 Å². The fourth-order valence-corrected chi connectivity index (χ4v) is 2.51. The fourth-order valence-electron chi connectivity index (χ4n) is 2.51. The average molecular weight is 203 g/mol. The van der Waals surface area contributed by atoms with Crippen molar-refractivity contribution in [1.29, 1.82) is 0 Å². The molecule has 1 aliphatic heterocycles. The van der Waals surface area contributed by atoms with Crippen LogP contribution >= 0.6 is 0 Å². The minimum absolute atomic E-state index is 0.768. The summed E-state index contributed by atoms with van der Waals surface area (Å²) in [6.07, 6.45) is 1.33. The SMILES string of the molecule is CC(C)CN1CC[C@H](c2ccccc2)C1. The number of hydrogen-bond acceptors (Lipinski definition) is 1. The highest BCUT2D eigenvalue weighted by atomic mass is 15.1. The highest BCUT2D eigenvalue weighted by Crippen LogP contribution is 2.27. The zero-order chi connectivity index (χ0) is 10.7. The number of likely N-dealkylation sites (tertiary alicyclic amines) is 1. The van der Waals surface area contributed by atoms with Crippen LogP contribution in [0.4, 0.5) is 0 Å². The van der Waals surface area contributed by atoms with E-state index in [1.165, 1.54) is 31.6 Å². The van der Waals surface area contributed by atoms with E-state index in [1.54, 1.807) is 0 Å². The van der Waals surface area contributed by atoms with E-state index in [4.69, 9.17) is 0 Å². The third-order valence-electron chi connectivity index (χ3n) is 3.17. The van der Waals surface area contributed by atoms with E-state index < -0.39 is 0 Å². The average Bonchev–Trinajstić information content (AvgIpc) is 2.67. The first kappa shape index (κ1) is 10.7. The molecule has 1 heterocycles. The largest absolute Gasteiger partial charge is 0.302 e. The standard InChI is InChI=1S/C14H21N/c1-12(2)10-15-9-8-14(11-15)13-6-4-3-5-7-13/h3-7,12,14H,8-11H2,1-2H3/t14-/m0/s1. The zero-order valence-electron chi connectivity index (χ0n) is 9.82. The van der Waals surface area contributed by atoms with Crippen LogP contribution in [0.3, 0.4) is 0 Å². The lowest BCUT2D eigenvalue weighted by Crippen LogP contribution is -2.24. The molecule has 0 aromatic heterocycles. The van der Waals surface area contributed by atoms with Gasteiger partial charge >= 0.3 is 0 Å². The first-order chi connectivity index (χ1) is 7.25. The van der Waals surface area contributed by atoms with Crippen molar-refractivity contribution in [2.24, 2.45) is 5.92 Å². The Bertz CT molecular complexity index is 291. The van der Waals surface area contributed by atoms with Crippen molar-refractivity contribution in [2.75, 3.05) is 19.6 Å². The van der Waals surface area contributed by atoms with Crippen LogP contribution in [0.25, 0.3) is 0 Å². The molecule has 2 rings (SSSR count). The van der Waals surface area contributed by atoms with Crippen LogP contribution in [-0.2, 0) is 0 Å². The van der Waals surface area contributed by atoms with Crippen molar-refractivity contribution in [3.05, 3.63) is 35.9 Å². The van der Waals surface area contributed by atoms with Gasteiger partial charge < -0.3 is 4.90 Å². The Morgan fingerprint density at radius 1 is 1.27 bits per heavy atom. The molecule has 1 aromatic rings. The molecule has 1 fully saturated rings. The Labute approximate surface area is 93.1 Å². The second-order valence-corrected chi connectivity index (χ2v) is 5.05. The minimum atomic E-state index is 0.768.